The molecule has 0 radical (unpaired) electrons. The number of piperidine rings is 1. The van der Waals surface area contributed by atoms with Crippen molar-refractivity contribution in [1.29, 1.82) is 0 Å². The maximum atomic E-state index is 8.95. The van der Waals surface area contributed by atoms with Crippen LogP contribution in [0, 0.1) is 5.92 Å². The van der Waals surface area contributed by atoms with E-state index < -0.39 is 0 Å². The van der Waals surface area contributed by atoms with Crippen LogP contribution in [0.2, 0.25) is 0 Å². The number of aliphatic hydroxyl groups excluding tert-OH is 1. The van der Waals surface area contributed by atoms with Gasteiger partial charge in [0.15, 0.2) is 0 Å². The van der Waals surface area contributed by atoms with Gasteiger partial charge in [-0.25, -0.2) is 0 Å². The summed E-state index contributed by atoms with van der Waals surface area (Å²) in [7, 11) is 0. The van der Waals surface area contributed by atoms with Crippen LogP contribution in [0.1, 0.15) is 18.9 Å². The summed E-state index contributed by atoms with van der Waals surface area (Å²) in [4.78, 5) is 2.49. The predicted octanol–water partition coefficient (Wildman–Crippen LogP) is 2.45. The molecule has 2 heteroatoms. The minimum atomic E-state index is 0.179. The zero-order chi connectivity index (χ0) is 12.1. The molecule has 1 heterocycles. The fourth-order valence-corrected chi connectivity index (χ4v) is 2.54. The van der Waals surface area contributed by atoms with Crippen LogP contribution >= 0.6 is 0 Å². The van der Waals surface area contributed by atoms with E-state index in [-0.39, 0.29) is 6.61 Å². The second-order valence-corrected chi connectivity index (χ2v) is 4.83. The van der Waals surface area contributed by atoms with E-state index in [2.05, 4.69) is 42.2 Å². The molecule has 1 aromatic rings. The van der Waals surface area contributed by atoms with E-state index in [1.54, 1.807) is 0 Å². The molecule has 2 rings (SSSR count). The number of nitrogens with zero attached hydrogens (tertiary/aromatic N) is 1. The molecule has 0 amide bonds. The maximum absolute atomic E-state index is 8.95. The van der Waals surface area contributed by atoms with Crippen LogP contribution < -0.4 is 0 Å². The molecule has 2 nitrogen and oxygen atoms in total. The second-order valence-electron chi connectivity index (χ2n) is 4.83. The fraction of sp³-hybridized carbons (Fsp3) is 0.467. The summed E-state index contributed by atoms with van der Waals surface area (Å²) in [5, 5.41) is 8.95. The van der Waals surface area contributed by atoms with Gasteiger partial charge in [0.2, 0.25) is 0 Å². The summed E-state index contributed by atoms with van der Waals surface area (Å²) in [5.41, 5.74) is 2.80. The molecular weight excluding hydrogens is 210 g/mol. The van der Waals surface area contributed by atoms with E-state index in [4.69, 9.17) is 5.11 Å². The zero-order valence-corrected chi connectivity index (χ0v) is 10.5. The Labute approximate surface area is 104 Å². The van der Waals surface area contributed by atoms with Crippen LogP contribution in [0.4, 0.5) is 0 Å². The van der Waals surface area contributed by atoms with Crippen molar-refractivity contribution in [2.45, 2.75) is 19.9 Å². The molecule has 0 bridgehead atoms. The van der Waals surface area contributed by atoms with E-state index in [0.717, 1.165) is 26.1 Å². The number of hydrogen-bond donors (Lipinski definition) is 1. The smallest absolute Gasteiger partial charge is 0.0615 e. The van der Waals surface area contributed by atoms with Gasteiger partial charge in [0, 0.05) is 19.6 Å². The summed E-state index contributed by atoms with van der Waals surface area (Å²) in [5.74, 6) is 0.569. The first-order valence-corrected chi connectivity index (χ1v) is 6.35. The third-order valence-corrected chi connectivity index (χ3v) is 3.48. The Morgan fingerprint density at radius 3 is 2.76 bits per heavy atom. The lowest BCUT2D eigenvalue weighted by Gasteiger charge is -2.33. The van der Waals surface area contributed by atoms with Gasteiger partial charge in [0.25, 0.3) is 0 Å². The summed E-state index contributed by atoms with van der Waals surface area (Å²) < 4.78 is 0. The minimum Gasteiger partial charge on any atom is -0.392 e. The van der Waals surface area contributed by atoms with Gasteiger partial charge in [0.05, 0.1) is 6.61 Å². The Bertz CT molecular complexity index is 372. The molecule has 1 atom stereocenters. The van der Waals surface area contributed by atoms with Crippen LogP contribution in [0.3, 0.4) is 0 Å². The zero-order valence-electron chi connectivity index (χ0n) is 10.5. The fourth-order valence-electron chi connectivity index (χ4n) is 2.54. The first kappa shape index (κ1) is 12.3. The summed E-state index contributed by atoms with van der Waals surface area (Å²) in [6.45, 7) is 5.67. The van der Waals surface area contributed by atoms with Crippen LogP contribution in [-0.4, -0.2) is 29.7 Å². The third-order valence-electron chi connectivity index (χ3n) is 3.48. The SMILES string of the molecule is CC1CN(Cc2ccccc2)CCC1=CCO. The highest BCUT2D eigenvalue weighted by molar-refractivity contribution is 5.16. The van der Waals surface area contributed by atoms with Gasteiger partial charge in [0.1, 0.15) is 0 Å². The van der Waals surface area contributed by atoms with Crippen molar-refractivity contribution in [3.05, 3.63) is 47.5 Å². The van der Waals surface area contributed by atoms with Crippen molar-refractivity contribution >= 4 is 0 Å². The van der Waals surface area contributed by atoms with E-state index in [1.165, 1.54) is 11.1 Å². The lowest BCUT2D eigenvalue weighted by Crippen LogP contribution is -2.35. The van der Waals surface area contributed by atoms with Gasteiger partial charge in [-0.15, -0.1) is 0 Å². The van der Waals surface area contributed by atoms with Crippen molar-refractivity contribution in [3.63, 3.8) is 0 Å². The number of aliphatic hydroxyl groups is 1. The summed E-state index contributed by atoms with van der Waals surface area (Å²) >= 11 is 0. The van der Waals surface area contributed by atoms with Crippen molar-refractivity contribution in [3.8, 4) is 0 Å². The highest BCUT2D eigenvalue weighted by atomic mass is 16.2. The van der Waals surface area contributed by atoms with Crippen LogP contribution in [0.5, 0.6) is 0 Å². The standard InChI is InChI=1S/C15H21NO/c1-13-11-16(9-7-15(13)8-10-17)12-14-5-3-2-4-6-14/h2-6,8,13,17H,7,9-12H2,1H3. The van der Waals surface area contributed by atoms with E-state index in [9.17, 15) is 0 Å². The van der Waals surface area contributed by atoms with Gasteiger partial charge in [-0.2, -0.15) is 0 Å². The van der Waals surface area contributed by atoms with E-state index >= 15 is 0 Å². The van der Waals surface area contributed by atoms with Crippen molar-refractivity contribution in [2.75, 3.05) is 19.7 Å². The number of likely N-dealkylation sites (tertiary alicyclic amines) is 1. The molecule has 1 fully saturated rings. The molecule has 17 heavy (non-hydrogen) atoms. The second kappa shape index (κ2) is 5.99. The Kier molecular flexibility index (Phi) is 4.35. The maximum Gasteiger partial charge on any atom is 0.0615 e. The van der Waals surface area contributed by atoms with Gasteiger partial charge in [-0.05, 0) is 17.9 Å². The minimum absolute atomic E-state index is 0.179. The Hall–Kier alpha value is -1.12. The van der Waals surface area contributed by atoms with E-state index in [1.807, 2.05) is 6.08 Å². The van der Waals surface area contributed by atoms with Crippen LogP contribution in [0.25, 0.3) is 0 Å². The predicted molar refractivity (Wildman–Crippen MR) is 70.7 cm³/mol. The number of benzene rings is 1. The van der Waals surface area contributed by atoms with Gasteiger partial charge < -0.3 is 5.11 Å². The summed E-state index contributed by atoms with van der Waals surface area (Å²) in [6.07, 6.45) is 3.07. The van der Waals surface area contributed by atoms with Crippen LogP contribution in [-0.2, 0) is 6.54 Å². The molecule has 1 unspecified atom stereocenters. The van der Waals surface area contributed by atoms with Crippen molar-refractivity contribution in [1.82, 2.24) is 4.90 Å². The topological polar surface area (TPSA) is 23.5 Å². The molecule has 1 aliphatic heterocycles. The highest BCUT2D eigenvalue weighted by Crippen LogP contribution is 2.23. The van der Waals surface area contributed by atoms with Crippen molar-refractivity contribution in [2.24, 2.45) is 5.92 Å². The Balaban J connectivity index is 1.92. The molecule has 1 aliphatic rings. The molecule has 0 saturated carbocycles. The summed E-state index contributed by atoms with van der Waals surface area (Å²) in [6, 6.07) is 10.6. The third kappa shape index (κ3) is 3.42. The normalized spacial score (nSPS) is 24.1. The van der Waals surface area contributed by atoms with E-state index in [0.29, 0.717) is 5.92 Å². The average Bonchev–Trinajstić information content (AvgIpc) is 2.34. The Morgan fingerprint density at radius 2 is 2.12 bits per heavy atom. The van der Waals surface area contributed by atoms with Crippen LogP contribution in [0.15, 0.2) is 42.0 Å². The largest absolute Gasteiger partial charge is 0.392 e. The molecule has 0 aliphatic carbocycles. The van der Waals surface area contributed by atoms with Crippen molar-refractivity contribution < 1.29 is 5.11 Å². The quantitative estimate of drug-likeness (QED) is 0.808. The van der Waals surface area contributed by atoms with Gasteiger partial charge in [-0.3, -0.25) is 4.90 Å². The number of rotatable bonds is 3. The molecule has 0 spiro atoms. The van der Waals surface area contributed by atoms with Gasteiger partial charge in [-0.1, -0.05) is 48.9 Å². The molecular formula is C15H21NO. The molecule has 0 aromatic heterocycles. The van der Waals surface area contributed by atoms with Gasteiger partial charge >= 0.3 is 0 Å². The monoisotopic (exact) mass is 231 g/mol. The lowest BCUT2D eigenvalue weighted by atomic mass is 9.93. The molecule has 1 N–H and O–H groups in total. The first-order chi connectivity index (χ1) is 8.29. The Morgan fingerprint density at radius 1 is 1.35 bits per heavy atom. The highest BCUT2D eigenvalue weighted by Gasteiger charge is 2.20. The molecule has 1 saturated heterocycles. The lowest BCUT2D eigenvalue weighted by molar-refractivity contribution is 0.211. The molecule has 92 valence electrons. The molecule has 1 aromatic carbocycles. The first-order valence-electron chi connectivity index (χ1n) is 6.35. The number of hydrogen-bond acceptors (Lipinski definition) is 2. The average molecular weight is 231 g/mol.